The third-order valence-electron chi connectivity index (χ3n) is 6.21. The van der Waals surface area contributed by atoms with Gasteiger partial charge in [0.15, 0.2) is 0 Å². The van der Waals surface area contributed by atoms with Gasteiger partial charge >= 0.3 is 0 Å². The summed E-state index contributed by atoms with van der Waals surface area (Å²) in [6.45, 7) is 10.6. The number of thioether (sulfide) groups is 1. The van der Waals surface area contributed by atoms with Gasteiger partial charge in [-0.15, -0.1) is 11.8 Å². The molecule has 1 amide bonds. The van der Waals surface area contributed by atoms with Gasteiger partial charge in [-0.05, 0) is 68.8 Å². The smallest absolute Gasteiger partial charge is 0.222 e. The minimum absolute atomic E-state index is 0.377. The van der Waals surface area contributed by atoms with Crippen molar-refractivity contribution in [2.24, 2.45) is 5.92 Å². The average molecular weight is 390 g/mol. The lowest BCUT2D eigenvalue weighted by Crippen LogP contribution is -2.48. The van der Waals surface area contributed by atoms with Crippen molar-refractivity contribution in [1.29, 1.82) is 0 Å². The lowest BCUT2D eigenvalue weighted by atomic mass is 9.91. The van der Waals surface area contributed by atoms with Crippen molar-refractivity contribution >= 4 is 17.7 Å². The van der Waals surface area contributed by atoms with Crippen LogP contribution in [0.3, 0.4) is 0 Å². The molecule has 2 aliphatic heterocycles. The summed E-state index contributed by atoms with van der Waals surface area (Å²) >= 11 is 1.80. The van der Waals surface area contributed by atoms with Gasteiger partial charge in [0.1, 0.15) is 0 Å². The molecule has 0 saturated carbocycles. The number of piperidine rings is 1. The van der Waals surface area contributed by atoms with Crippen LogP contribution in [0.1, 0.15) is 38.2 Å². The Bertz CT molecular complexity index is 576. The second-order valence-corrected chi connectivity index (χ2v) is 8.80. The summed E-state index contributed by atoms with van der Waals surface area (Å²) < 4.78 is 0. The third-order valence-corrected chi connectivity index (χ3v) is 6.95. The van der Waals surface area contributed by atoms with Crippen molar-refractivity contribution in [3.63, 3.8) is 0 Å². The van der Waals surface area contributed by atoms with Crippen LogP contribution < -0.4 is 0 Å². The van der Waals surface area contributed by atoms with E-state index in [0.29, 0.717) is 5.91 Å². The van der Waals surface area contributed by atoms with E-state index < -0.39 is 0 Å². The summed E-state index contributed by atoms with van der Waals surface area (Å²) in [4.78, 5) is 20.9. The summed E-state index contributed by atoms with van der Waals surface area (Å²) in [5.41, 5.74) is 1.41. The molecule has 0 radical (unpaired) electrons. The van der Waals surface area contributed by atoms with Crippen LogP contribution in [0.4, 0.5) is 0 Å². The van der Waals surface area contributed by atoms with Gasteiger partial charge in [-0.3, -0.25) is 9.69 Å². The maximum Gasteiger partial charge on any atom is 0.222 e. The molecule has 2 aliphatic rings. The lowest BCUT2D eigenvalue weighted by molar-refractivity contribution is -0.133. The first-order valence-electron chi connectivity index (χ1n) is 10.5. The fourth-order valence-electron chi connectivity index (χ4n) is 4.22. The van der Waals surface area contributed by atoms with Crippen molar-refractivity contribution in [3.05, 3.63) is 29.8 Å². The molecule has 2 heterocycles. The summed E-state index contributed by atoms with van der Waals surface area (Å²) in [6, 6.07) is 8.96. The topological polar surface area (TPSA) is 26.8 Å². The molecule has 2 saturated heterocycles. The van der Waals surface area contributed by atoms with E-state index in [4.69, 9.17) is 0 Å². The molecule has 5 heteroatoms. The van der Waals surface area contributed by atoms with Crippen molar-refractivity contribution in [2.75, 3.05) is 52.1 Å². The number of amides is 1. The summed E-state index contributed by atoms with van der Waals surface area (Å²) in [5.74, 6) is 1.10. The van der Waals surface area contributed by atoms with Gasteiger partial charge in [0, 0.05) is 44.0 Å². The highest BCUT2D eigenvalue weighted by Crippen LogP contribution is 2.24. The molecule has 0 spiro atoms. The normalized spacial score (nSPS) is 20.1. The van der Waals surface area contributed by atoms with Crippen LogP contribution in [0.5, 0.6) is 0 Å². The van der Waals surface area contributed by atoms with Crippen LogP contribution in [0.2, 0.25) is 0 Å². The van der Waals surface area contributed by atoms with Crippen LogP contribution in [-0.4, -0.2) is 72.7 Å². The number of carbonyl (C=O) groups excluding carboxylic acids is 1. The summed E-state index contributed by atoms with van der Waals surface area (Å²) in [5, 5.41) is 0. The molecule has 0 N–H and O–H groups in total. The Labute approximate surface area is 169 Å². The monoisotopic (exact) mass is 389 g/mol. The number of likely N-dealkylation sites (tertiary alicyclic amines) is 1. The molecule has 1 aromatic rings. The van der Waals surface area contributed by atoms with Gasteiger partial charge in [0.05, 0.1) is 0 Å². The first-order chi connectivity index (χ1) is 13.2. The molecule has 0 unspecified atom stereocenters. The molecular formula is C22H35N3OS. The van der Waals surface area contributed by atoms with Gasteiger partial charge < -0.3 is 9.80 Å². The van der Waals surface area contributed by atoms with Gasteiger partial charge in [0.2, 0.25) is 5.91 Å². The van der Waals surface area contributed by atoms with Crippen LogP contribution in [-0.2, 0) is 11.3 Å². The fourth-order valence-corrected chi connectivity index (χ4v) is 4.63. The number of benzene rings is 1. The fraction of sp³-hybridized carbons (Fsp3) is 0.682. The van der Waals surface area contributed by atoms with Crippen LogP contribution in [0.25, 0.3) is 0 Å². The minimum atomic E-state index is 0.377. The Balaban J connectivity index is 1.34. The predicted molar refractivity (Wildman–Crippen MR) is 114 cm³/mol. The molecule has 0 bridgehead atoms. The number of piperazine rings is 1. The van der Waals surface area contributed by atoms with E-state index in [1.165, 1.54) is 23.3 Å². The zero-order valence-corrected chi connectivity index (χ0v) is 17.8. The number of carbonyl (C=O) groups is 1. The van der Waals surface area contributed by atoms with E-state index in [-0.39, 0.29) is 0 Å². The number of hydrogen-bond acceptors (Lipinski definition) is 4. The highest BCUT2D eigenvalue weighted by atomic mass is 32.2. The SMILES string of the molecule is CCN1CCN(C(=O)CCC2CCN(Cc3ccc(SC)cc3)CC2)CC1. The number of rotatable bonds is 7. The largest absolute Gasteiger partial charge is 0.340 e. The van der Waals surface area contributed by atoms with Gasteiger partial charge in [-0.25, -0.2) is 0 Å². The molecule has 4 nitrogen and oxygen atoms in total. The first-order valence-corrected chi connectivity index (χ1v) is 11.8. The molecule has 2 fully saturated rings. The zero-order chi connectivity index (χ0) is 19.1. The Kier molecular flexibility index (Phi) is 8.04. The maximum atomic E-state index is 12.5. The molecular weight excluding hydrogens is 354 g/mol. The molecule has 1 aromatic carbocycles. The molecule has 0 aliphatic carbocycles. The second-order valence-electron chi connectivity index (χ2n) is 7.92. The van der Waals surface area contributed by atoms with E-state index >= 15 is 0 Å². The number of nitrogens with zero attached hydrogens (tertiary/aromatic N) is 3. The Morgan fingerprint density at radius 1 is 1.00 bits per heavy atom. The van der Waals surface area contributed by atoms with Gasteiger partial charge in [-0.1, -0.05) is 19.1 Å². The summed E-state index contributed by atoms with van der Waals surface area (Å²) in [6.07, 6.45) is 6.41. The Morgan fingerprint density at radius 2 is 1.67 bits per heavy atom. The van der Waals surface area contributed by atoms with Crippen molar-refractivity contribution in [1.82, 2.24) is 14.7 Å². The molecule has 0 aromatic heterocycles. The highest BCUT2D eigenvalue weighted by Gasteiger charge is 2.23. The summed E-state index contributed by atoms with van der Waals surface area (Å²) in [7, 11) is 0. The Hall–Kier alpha value is -1.04. The van der Waals surface area contributed by atoms with Crippen molar-refractivity contribution in [2.45, 2.75) is 44.0 Å². The first kappa shape index (κ1) is 20.7. The second kappa shape index (κ2) is 10.5. The van der Waals surface area contributed by atoms with E-state index in [1.54, 1.807) is 11.8 Å². The maximum absolute atomic E-state index is 12.5. The number of likely N-dealkylation sites (N-methyl/N-ethyl adjacent to an activating group) is 1. The van der Waals surface area contributed by atoms with Gasteiger partial charge in [-0.2, -0.15) is 0 Å². The molecule has 0 atom stereocenters. The molecule has 150 valence electrons. The highest BCUT2D eigenvalue weighted by molar-refractivity contribution is 7.98. The third kappa shape index (κ3) is 6.23. The van der Waals surface area contributed by atoms with E-state index in [9.17, 15) is 4.79 Å². The van der Waals surface area contributed by atoms with E-state index in [1.807, 2.05) is 0 Å². The van der Waals surface area contributed by atoms with E-state index in [2.05, 4.69) is 52.1 Å². The zero-order valence-electron chi connectivity index (χ0n) is 17.0. The standard InChI is InChI=1S/C22H35N3OS/c1-3-23-14-16-25(17-15-23)22(26)9-6-19-10-12-24(13-11-19)18-20-4-7-21(27-2)8-5-20/h4-5,7-8,19H,3,6,9-18H2,1-2H3. The lowest BCUT2D eigenvalue weighted by Gasteiger charge is -2.35. The predicted octanol–water partition coefficient (Wildman–Crippen LogP) is 3.56. The quantitative estimate of drug-likeness (QED) is 0.666. The average Bonchev–Trinajstić information content (AvgIpc) is 2.73. The minimum Gasteiger partial charge on any atom is -0.340 e. The van der Waals surface area contributed by atoms with Crippen LogP contribution in [0.15, 0.2) is 29.2 Å². The Morgan fingerprint density at radius 3 is 2.26 bits per heavy atom. The van der Waals surface area contributed by atoms with Gasteiger partial charge in [0.25, 0.3) is 0 Å². The van der Waals surface area contributed by atoms with Crippen molar-refractivity contribution in [3.8, 4) is 0 Å². The van der Waals surface area contributed by atoms with E-state index in [0.717, 1.165) is 71.1 Å². The van der Waals surface area contributed by atoms with Crippen molar-refractivity contribution < 1.29 is 4.79 Å². The van der Waals surface area contributed by atoms with Crippen LogP contribution in [0, 0.1) is 5.92 Å². The molecule has 27 heavy (non-hydrogen) atoms. The van der Waals surface area contributed by atoms with Crippen LogP contribution >= 0.6 is 11.8 Å². The molecule has 3 rings (SSSR count). The number of hydrogen-bond donors (Lipinski definition) is 0.